The molecule has 2 fully saturated rings. The molecule has 0 radical (unpaired) electrons. The van der Waals surface area contributed by atoms with Gasteiger partial charge in [0.1, 0.15) is 0 Å². The lowest BCUT2D eigenvalue weighted by Crippen LogP contribution is -2.32. The maximum absolute atomic E-state index is 2.76. The van der Waals surface area contributed by atoms with Crippen LogP contribution >= 0.6 is 0 Å². The number of hydrogen-bond donors (Lipinski definition) is 0. The standard InChI is InChI=1S/C17H25N/c1-3-9-15(10-4-1)17(18-13-7-8-14-18)16-11-5-2-6-12-16/h1,3-4,9-10,16-17H,2,5-8,11-14H2. The molecule has 0 aromatic heterocycles. The molecule has 1 heteroatoms. The molecule has 0 amide bonds. The molecule has 0 spiro atoms. The fourth-order valence-electron chi connectivity index (χ4n) is 3.90. The number of hydrogen-bond acceptors (Lipinski definition) is 1. The molecule has 2 aliphatic rings. The van der Waals surface area contributed by atoms with E-state index in [1.807, 2.05) is 0 Å². The minimum Gasteiger partial charge on any atom is -0.296 e. The van der Waals surface area contributed by atoms with Gasteiger partial charge < -0.3 is 0 Å². The zero-order valence-corrected chi connectivity index (χ0v) is 11.4. The van der Waals surface area contributed by atoms with Crippen LogP contribution in [0.15, 0.2) is 30.3 Å². The molecule has 98 valence electrons. The van der Waals surface area contributed by atoms with E-state index < -0.39 is 0 Å². The van der Waals surface area contributed by atoms with Crippen molar-refractivity contribution in [3.05, 3.63) is 35.9 Å². The summed E-state index contributed by atoms with van der Waals surface area (Å²) in [4.78, 5) is 2.76. The van der Waals surface area contributed by atoms with E-state index >= 15 is 0 Å². The first kappa shape index (κ1) is 12.2. The first-order valence-corrected chi connectivity index (χ1v) is 7.74. The Hall–Kier alpha value is -0.820. The van der Waals surface area contributed by atoms with Crippen molar-refractivity contribution in [1.29, 1.82) is 0 Å². The highest BCUT2D eigenvalue weighted by Crippen LogP contribution is 2.39. The Labute approximate surface area is 111 Å². The molecule has 1 aromatic rings. The van der Waals surface area contributed by atoms with Gasteiger partial charge in [0.25, 0.3) is 0 Å². The summed E-state index contributed by atoms with van der Waals surface area (Å²) < 4.78 is 0. The molecule has 1 saturated carbocycles. The summed E-state index contributed by atoms with van der Waals surface area (Å²) in [6, 6.07) is 12.0. The van der Waals surface area contributed by atoms with Gasteiger partial charge in [-0.2, -0.15) is 0 Å². The minimum absolute atomic E-state index is 0.703. The van der Waals surface area contributed by atoms with Gasteiger partial charge in [0.15, 0.2) is 0 Å². The minimum atomic E-state index is 0.703. The molecular formula is C17H25N. The number of nitrogens with zero attached hydrogens (tertiary/aromatic N) is 1. The molecule has 3 rings (SSSR count). The van der Waals surface area contributed by atoms with Crippen molar-refractivity contribution in [2.75, 3.05) is 13.1 Å². The second-order valence-electron chi connectivity index (χ2n) is 6.00. The largest absolute Gasteiger partial charge is 0.296 e. The predicted molar refractivity (Wildman–Crippen MR) is 76.6 cm³/mol. The fraction of sp³-hybridized carbons (Fsp3) is 0.647. The first-order valence-electron chi connectivity index (χ1n) is 7.74. The molecule has 0 bridgehead atoms. The van der Waals surface area contributed by atoms with Crippen LogP contribution in [0.4, 0.5) is 0 Å². The molecular weight excluding hydrogens is 218 g/mol. The Balaban J connectivity index is 1.82. The molecule has 1 saturated heterocycles. The predicted octanol–water partition coefficient (Wildman–Crippen LogP) is 4.40. The average molecular weight is 243 g/mol. The maximum atomic E-state index is 2.76. The van der Waals surface area contributed by atoms with Gasteiger partial charge in [-0.3, -0.25) is 4.90 Å². The summed E-state index contributed by atoms with van der Waals surface area (Å²) in [5.41, 5.74) is 1.56. The number of rotatable bonds is 3. The molecule has 1 nitrogen and oxygen atoms in total. The number of benzene rings is 1. The molecule has 1 aliphatic heterocycles. The molecule has 18 heavy (non-hydrogen) atoms. The van der Waals surface area contributed by atoms with Gasteiger partial charge in [-0.05, 0) is 50.3 Å². The van der Waals surface area contributed by atoms with Crippen molar-refractivity contribution < 1.29 is 0 Å². The summed E-state index contributed by atoms with van der Waals surface area (Å²) in [6.45, 7) is 2.63. The van der Waals surface area contributed by atoms with E-state index in [1.54, 1.807) is 5.56 Å². The Bertz CT molecular complexity index is 347. The van der Waals surface area contributed by atoms with Crippen LogP contribution < -0.4 is 0 Å². The molecule has 0 N–H and O–H groups in total. The lowest BCUT2D eigenvalue weighted by molar-refractivity contribution is 0.143. The van der Waals surface area contributed by atoms with Crippen LogP contribution in [0.5, 0.6) is 0 Å². The third kappa shape index (κ3) is 2.61. The third-order valence-electron chi connectivity index (χ3n) is 4.77. The summed E-state index contributed by atoms with van der Waals surface area (Å²) in [5, 5.41) is 0. The van der Waals surface area contributed by atoms with Gasteiger partial charge in [-0.25, -0.2) is 0 Å². The number of likely N-dealkylation sites (tertiary alicyclic amines) is 1. The topological polar surface area (TPSA) is 3.24 Å². The second kappa shape index (κ2) is 5.88. The van der Waals surface area contributed by atoms with Crippen LogP contribution in [0.2, 0.25) is 0 Å². The van der Waals surface area contributed by atoms with Crippen molar-refractivity contribution >= 4 is 0 Å². The van der Waals surface area contributed by atoms with Gasteiger partial charge >= 0.3 is 0 Å². The molecule has 1 aliphatic carbocycles. The van der Waals surface area contributed by atoms with E-state index in [9.17, 15) is 0 Å². The normalized spacial score (nSPS) is 24.2. The zero-order valence-electron chi connectivity index (χ0n) is 11.4. The lowest BCUT2D eigenvalue weighted by atomic mass is 9.80. The molecule has 1 heterocycles. The van der Waals surface area contributed by atoms with Crippen molar-refractivity contribution in [2.45, 2.75) is 51.0 Å². The smallest absolute Gasteiger partial charge is 0.0376 e. The van der Waals surface area contributed by atoms with Crippen molar-refractivity contribution in [3.8, 4) is 0 Å². The highest BCUT2D eigenvalue weighted by molar-refractivity contribution is 5.20. The van der Waals surface area contributed by atoms with E-state index in [0.29, 0.717) is 6.04 Å². The van der Waals surface area contributed by atoms with E-state index in [2.05, 4.69) is 35.2 Å². The van der Waals surface area contributed by atoms with Crippen LogP contribution in [0, 0.1) is 5.92 Å². The highest BCUT2D eigenvalue weighted by Gasteiger charge is 2.31. The van der Waals surface area contributed by atoms with Gasteiger partial charge in [-0.1, -0.05) is 49.6 Å². The molecule has 1 aromatic carbocycles. The van der Waals surface area contributed by atoms with Crippen molar-refractivity contribution in [2.24, 2.45) is 5.92 Å². The molecule has 1 atom stereocenters. The Morgan fingerprint density at radius 2 is 1.50 bits per heavy atom. The third-order valence-corrected chi connectivity index (χ3v) is 4.77. The highest BCUT2D eigenvalue weighted by atomic mass is 15.2. The van der Waals surface area contributed by atoms with Gasteiger partial charge in [0, 0.05) is 6.04 Å². The van der Waals surface area contributed by atoms with E-state index in [0.717, 1.165) is 5.92 Å². The van der Waals surface area contributed by atoms with E-state index in [4.69, 9.17) is 0 Å². The van der Waals surface area contributed by atoms with Gasteiger partial charge in [-0.15, -0.1) is 0 Å². The second-order valence-corrected chi connectivity index (χ2v) is 6.00. The average Bonchev–Trinajstić information content (AvgIpc) is 2.95. The molecule has 1 unspecified atom stereocenters. The quantitative estimate of drug-likeness (QED) is 0.760. The fourth-order valence-corrected chi connectivity index (χ4v) is 3.90. The van der Waals surface area contributed by atoms with Crippen LogP contribution in [0.25, 0.3) is 0 Å². The maximum Gasteiger partial charge on any atom is 0.0376 e. The van der Waals surface area contributed by atoms with Crippen molar-refractivity contribution in [1.82, 2.24) is 4.90 Å². The van der Waals surface area contributed by atoms with Gasteiger partial charge in [0.2, 0.25) is 0 Å². The summed E-state index contributed by atoms with van der Waals surface area (Å²) in [7, 11) is 0. The van der Waals surface area contributed by atoms with Crippen LogP contribution in [0.3, 0.4) is 0 Å². The van der Waals surface area contributed by atoms with E-state index in [1.165, 1.54) is 58.0 Å². The van der Waals surface area contributed by atoms with Gasteiger partial charge in [0.05, 0.1) is 0 Å². The van der Waals surface area contributed by atoms with Crippen molar-refractivity contribution in [3.63, 3.8) is 0 Å². The Kier molecular flexibility index (Phi) is 3.99. The van der Waals surface area contributed by atoms with Crippen LogP contribution in [-0.4, -0.2) is 18.0 Å². The first-order chi connectivity index (χ1) is 8.95. The van der Waals surface area contributed by atoms with Crippen LogP contribution in [0.1, 0.15) is 56.6 Å². The SMILES string of the molecule is c1ccc(C(C2CCCCC2)N2CCCC2)cc1. The monoisotopic (exact) mass is 243 g/mol. The summed E-state index contributed by atoms with van der Waals surface area (Å²) >= 11 is 0. The van der Waals surface area contributed by atoms with Crippen LogP contribution in [-0.2, 0) is 0 Å². The Morgan fingerprint density at radius 3 is 2.17 bits per heavy atom. The van der Waals surface area contributed by atoms with E-state index in [-0.39, 0.29) is 0 Å². The summed E-state index contributed by atoms with van der Waals surface area (Å²) in [5.74, 6) is 0.902. The lowest BCUT2D eigenvalue weighted by Gasteiger charge is -2.37. The Morgan fingerprint density at radius 1 is 0.833 bits per heavy atom. The summed E-state index contributed by atoms with van der Waals surface area (Å²) in [6.07, 6.45) is 10.0. The zero-order chi connectivity index (χ0) is 12.2.